The van der Waals surface area contributed by atoms with E-state index in [0.29, 0.717) is 34.0 Å². The average Bonchev–Trinajstić information content (AvgIpc) is 3.31. The molecule has 3 heterocycles. The zero-order valence-corrected chi connectivity index (χ0v) is 18.4. The highest BCUT2D eigenvalue weighted by atomic mass is 35.5. The average molecular weight is 448 g/mol. The van der Waals surface area contributed by atoms with Crippen molar-refractivity contribution in [2.24, 2.45) is 5.41 Å². The maximum Gasteiger partial charge on any atom is 0.231 e. The standard InChI is InChI=1S/C21H20Cl2FN5O/c1-11(21(2,3)4)27-19-16(13-6-5-12(24)9-15(13)22)17(23)28-18-14(10-26-29(18)19)20-25-7-8-30-20/h5-11,27H,1-4H3/t11-/m1/s1. The minimum atomic E-state index is -0.434. The van der Waals surface area contributed by atoms with Gasteiger partial charge in [0.25, 0.3) is 0 Å². The zero-order valence-electron chi connectivity index (χ0n) is 16.9. The molecule has 0 radical (unpaired) electrons. The van der Waals surface area contributed by atoms with E-state index in [1.807, 2.05) is 0 Å². The molecule has 1 atom stereocenters. The van der Waals surface area contributed by atoms with Crippen molar-refractivity contribution in [2.75, 3.05) is 5.32 Å². The van der Waals surface area contributed by atoms with Gasteiger partial charge in [-0.05, 0) is 30.5 Å². The van der Waals surface area contributed by atoms with Crippen LogP contribution in [0.15, 0.2) is 41.3 Å². The number of aromatic nitrogens is 4. The lowest BCUT2D eigenvalue weighted by Crippen LogP contribution is -2.32. The fourth-order valence-electron chi connectivity index (χ4n) is 2.96. The van der Waals surface area contributed by atoms with Crippen LogP contribution >= 0.6 is 23.2 Å². The molecule has 0 saturated heterocycles. The Morgan fingerprint density at radius 1 is 1.20 bits per heavy atom. The third-order valence-electron chi connectivity index (χ3n) is 5.12. The third kappa shape index (κ3) is 3.63. The second kappa shape index (κ2) is 7.56. The van der Waals surface area contributed by atoms with E-state index in [1.165, 1.54) is 18.4 Å². The molecule has 0 saturated carbocycles. The first kappa shape index (κ1) is 20.6. The molecular weight excluding hydrogens is 428 g/mol. The van der Waals surface area contributed by atoms with Crippen LogP contribution in [0.25, 0.3) is 28.2 Å². The fourth-order valence-corrected chi connectivity index (χ4v) is 3.49. The molecule has 1 aromatic carbocycles. The molecule has 9 heteroatoms. The van der Waals surface area contributed by atoms with Gasteiger partial charge in [-0.1, -0.05) is 44.0 Å². The first-order valence-electron chi connectivity index (χ1n) is 9.36. The van der Waals surface area contributed by atoms with Gasteiger partial charge in [0.2, 0.25) is 5.89 Å². The summed E-state index contributed by atoms with van der Waals surface area (Å²) >= 11 is 13.0. The number of rotatable bonds is 4. The molecular formula is C21H20Cl2FN5O. The quantitative estimate of drug-likeness (QED) is 0.369. The predicted octanol–water partition coefficient (Wildman–Crippen LogP) is 6.34. The molecule has 0 aliphatic heterocycles. The van der Waals surface area contributed by atoms with Gasteiger partial charge in [-0.25, -0.2) is 14.4 Å². The van der Waals surface area contributed by atoms with Crippen LogP contribution in [-0.2, 0) is 0 Å². The van der Waals surface area contributed by atoms with Crippen LogP contribution in [0.1, 0.15) is 27.7 Å². The van der Waals surface area contributed by atoms with E-state index < -0.39 is 5.82 Å². The first-order valence-corrected chi connectivity index (χ1v) is 10.1. The predicted molar refractivity (Wildman–Crippen MR) is 116 cm³/mol. The molecule has 156 valence electrons. The van der Waals surface area contributed by atoms with Crippen LogP contribution in [0.3, 0.4) is 0 Å². The number of fused-ring (bicyclic) bond motifs is 1. The van der Waals surface area contributed by atoms with Gasteiger partial charge in [0.05, 0.1) is 23.0 Å². The molecule has 0 spiro atoms. The molecule has 4 rings (SSSR count). The molecule has 1 N–H and O–H groups in total. The summed E-state index contributed by atoms with van der Waals surface area (Å²) in [5.74, 6) is 0.548. The van der Waals surface area contributed by atoms with E-state index in [4.69, 9.17) is 27.6 Å². The molecule has 0 fully saturated rings. The normalized spacial score (nSPS) is 13.0. The highest BCUT2D eigenvalue weighted by Crippen LogP contribution is 2.41. The van der Waals surface area contributed by atoms with Gasteiger partial charge < -0.3 is 9.73 Å². The Balaban J connectivity index is 2.00. The van der Waals surface area contributed by atoms with Crippen LogP contribution in [0.4, 0.5) is 10.2 Å². The van der Waals surface area contributed by atoms with Crippen LogP contribution in [0.2, 0.25) is 10.2 Å². The molecule has 0 amide bonds. The molecule has 0 aliphatic carbocycles. The number of anilines is 1. The monoisotopic (exact) mass is 447 g/mol. The maximum absolute atomic E-state index is 13.7. The van der Waals surface area contributed by atoms with Gasteiger partial charge in [-0.15, -0.1) is 0 Å². The van der Waals surface area contributed by atoms with Crippen molar-refractivity contribution in [3.63, 3.8) is 0 Å². The summed E-state index contributed by atoms with van der Waals surface area (Å²) in [4.78, 5) is 8.72. The highest BCUT2D eigenvalue weighted by Gasteiger charge is 2.27. The summed E-state index contributed by atoms with van der Waals surface area (Å²) in [6, 6.07) is 4.19. The number of oxazole rings is 1. The van der Waals surface area contributed by atoms with Crippen molar-refractivity contribution in [2.45, 2.75) is 33.7 Å². The number of benzene rings is 1. The van der Waals surface area contributed by atoms with Gasteiger partial charge in [-0.2, -0.15) is 9.61 Å². The van der Waals surface area contributed by atoms with Gasteiger partial charge in [-0.3, -0.25) is 0 Å². The Labute approximate surface area is 183 Å². The molecule has 30 heavy (non-hydrogen) atoms. The van der Waals surface area contributed by atoms with Gasteiger partial charge in [0.1, 0.15) is 28.6 Å². The Hall–Kier alpha value is -2.64. The second-order valence-corrected chi connectivity index (χ2v) is 8.88. The molecule has 0 aliphatic rings. The lowest BCUT2D eigenvalue weighted by Gasteiger charge is -2.30. The Kier molecular flexibility index (Phi) is 5.20. The fraction of sp³-hybridized carbons (Fsp3) is 0.286. The van der Waals surface area contributed by atoms with E-state index in [9.17, 15) is 4.39 Å². The SMILES string of the molecule is C[C@@H](Nc1c(-c2ccc(F)cc2Cl)c(Cl)nc2c(-c3ncco3)cnn12)C(C)(C)C. The Morgan fingerprint density at radius 3 is 2.60 bits per heavy atom. The zero-order chi connectivity index (χ0) is 21.6. The topological polar surface area (TPSA) is 68.2 Å². The summed E-state index contributed by atoms with van der Waals surface area (Å²) < 4.78 is 20.7. The van der Waals surface area contributed by atoms with Gasteiger partial charge in [0, 0.05) is 11.6 Å². The summed E-state index contributed by atoms with van der Waals surface area (Å²) in [6.45, 7) is 8.43. The van der Waals surface area contributed by atoms with E-state index in [0.717, 1.165) is 0 Å². The van der Waals surface area contributed by atoms with Crippen molar-refractivity contribution in [3.8, 4) is 22.6 Å². The smallest absolute Gasteiger partial charge is 0.231 e. The lowest BCUT2D eigenvalue weighted by atomic mass is 9.88. The van der Waals surface area contributed by atoms with Crippen LogP contribution in [0, 0.1) is 11.2 Å². The van der Waals surface area contributed by atoms with E-state index >= 15 is 0 Å². The van der Waals surface area contributed by atoms with E-state index in [1.54, 1.807) is 23.0 Å². The van der Waals surface area contributed by atoms with E-state index in [2.05, 4.69) is 48.1 Å². The number of hydrogen-bond donors (Lipinski definition) is 1. The van der Waals surface area contributed by atoms with Gasteiger partial charge in [0.15, 0.2) is 5.65 Å². The molecule has 6 nitrogen and oxygen atoms in total. The lowest BCUT2D eigenvalue weighted by molar-refractivity contribution is 0.358. The minimum absolute atomic E-state index is 0.0338. The number of hydrogen-bond acceptors (Lipinski definition) is 5. The molecule has 0 bridgehead atoms. The summed E-state index contributed by atoms with van der Waals surface area (Å²) in [7, 11) is 0. The first-order chi connectivity index (χ1) is 14.2. The van der Waals surface area contributed by atoms with Crippen LogP contribution < -0.4 is 5.32 Å². The number of nitrogens with one attached hydrogen (secondary N) is 1. The second-order valence-electron chi connectivity index (χ2n) is 8.11. The Morgan fingerprint density at radius 2 is 1.97 bits per heavy atom. The maximum atomic E-state index is 13.7. The summed E-state index contributed by atoms with van der Waals surface area (Å²) in [6.07, 6.45) is 4.65. The minimum Gasteiger partial charge on any atom is -0.444 e. The van der Waals surface area contributed by atoms with Crippen molar-refractivity contribution in [1.29, 1.82) is 0 Å². The van der Waals surface area contributed by atoms with Crippen LogP contribution in [0.5, 0.6) is 0 Å². The number of nitrogens with zero attached hydrogens (tertiary/aromatic N) is 4. The van der Waals surface area contributed by atoms with Gasteiger partial charge >= 0.3 is 0 Å². The number of halogens is 3. The highest BCUT2D eigenvalue weighted by molar-refractivity contribution is 6.36. The largest absolute Gasteiger partial charge is 0.444 e. The van der Waals surface area contributed by atoms with E-state index in [-0.39, 0.29) is 21.6 Å². The van der Waals surface area contributed by atoms with Crippen molar-refractivity contribution < 1.29 is 8.81 Å². The Bertz CT molecular complexity index is 1210. The van der Waals surface area contributed by atoms with Crippen molar-refractivity contribution >= 4 is 34.7 Å². The van der Waals surface area contributed by atoms with Crippen molar-refractivity contribution in [1.82, 2.24) is 19.6 Å². The molecule has 4 aromatic rings. The van der Waals surface area contributed by atoms with Crippen molar-refractivity contribution in [3.05, 3.63) is 52.8 Å². The summed E-state index contributed by atoms with van der Waals surface area (Å²) in [5, 5.41) is 8.43. The molecule has 0 unspecified atom stereocenters. The molecule has 3 aromatic heterocycles. The van der Waals surface area contributed by atoms with Crippen LogP contribution in [-0.4, -0.2) is 25.6 Å². The third-order valence-corrected chi connectivity index (χ3v) is 5.70. The summed E-state index contributed by atoms with van der Waals surface area (Å²) in [5.41, 5.74) is 2.10.